The number of likely N-dealkylation sites (N-methyl/N-ethyl adjacent to an activating group) is 1. The minimum Gasteiger partial charge on any atom is -0.420 e. The highest BCUT2D eigenvalue weighted by Crippen LogP contribution is 2.33. The lowest BCUT2D eigenvalue weighted by atomic mass is 10.1. The number of ether oxygens (including phenoxy) is 1. The van der Waals surface area contributed by atoms with Gasteiger partial charge in [0.15, 0.2) is 34.9 Å². The Morgan fingerprint density at radius 3 is 2.77 bits per heavy atom. The van der Waals surface area contributed by atoms with Crippen LogP contribution in [0.3, 0.4) is 0 Å². The van der Waals surface area contributed by atoms with Crippen molar-refractivity contribution in [1.82, 2.24) is 34.8 Å². The summed E-state index contributed by atoms with van der Waals surface area (Å²) in [5, 5.41) is 26.3. The largest absolute Gasteiger partial charge is 0.420 e. The van der Waals surface area contributed by atoms with Gasteiger partial charge in [0.1, 0.15) is 18.5 Å². The molecule has 35 heavy (non-hydrogen) atoms. The van der Waals surface area contributed by atoms with Crippen LogP contribution in [0.5, 0.6) is 0 Å². The minimum atomic E-state index is -1.40. The molecule has 4 N–H and O–H groups in total. The summed E-state index contributed by atoms with van der Waals surface area (Å²) in [6.45, 7) is 0.303. The number of aliphatic hydroxyl groups excluding tert-OH is 2. The number of nitrogens with zero attached hydrogens (tertiary/aromatic N) is 7. The number of carbonyl (C=O) groups excluding carboxylic acids is 1. The Morgan fingerprint density at radius 2 is 2.03 bits per heavy atom. The number of carbonyl (C=O) groups is 1. The number of aromatic nitrogens is 6. The molecule has 1 aliphatic rings. The summed E-state index contributed by atoms with van der Waals surface area (Å²) >= 11 is 3.50. The van der Waals surface area contributed by atoms with Crippen molar-refractivity contribution in [2.75, 3.05) is 31.4 Å². The molecular weight excluding hydrogens is 526 g/mol. The first-order chi connectivity index (χ1) is 16.8. The van der Waals surface area contributed by atoms with E-state index in [1.807, 2.05) is 20.2 Å². The van der Waals surface area contributed by atoms with Crippen molar-refractivity contribution in [2.24, 2.45) is 0 Å². The smallest absolute Gasteiger partial charge is 0.299 e. The number of fused-ring (bicyclic) bond motifs is 2. The third-order valence-corrected chi connectivity index (χ3v) is 6.14. The van der Waals surface area contributed by atoms with Gasteiger partial charge in [0.25, 0.3) is 11.9 Å². The number of rotatable bonds is 6. The summed E-state index contributed by atoms with van der Waals surface area (Å²) < 4.78 is 13.5. The molecule has 14 nitrogen and oxygen atoms in total. The SMILES string of the molecule is CNC(=O)[C@H]1O[C@@H](n2cnc3c(NCc4cc(Br)c5oc(N(C)C)nc5n4)ncnc32)[C@H](O)[C@@H]1O. The second-order valence-electron chi connectivity index (χ2n) is 8.08. The quantitative estimate of drug-likeness (QED) is 0.257. The molecule has 4 aromatic heterocycles. The molecule has 0 bridgehead atoms. The van der Waals surface area contributed by atoms with Crippen molar-refractivity contribution >= 4 is 56.1 Å². The molecule has 0 saturated carbocycles. The van der Waals surface area contributed by atoms with Crippen molar-refractivity contribution in [2.45, 2.75) is 31.1 Å². The number of pyridine rings is 1. The highest BCUT2D eigenvalue weighted by Gasteiger charge is 2.47. The van der Waals surface area contributed by atoms with Gasteiger partial charge in [-0.3, -0.25) is 9.36 Å². The van der Waals surface area contributed by atoms with Crippen LogP contribution in [0.4, 0.5) is 11.8 Å². The Balaban J connectivity index is 1.40. The molecule has 4 aromatic rings. The molecule has 5 rings (SSSR count). The van der Waals surface area contributed by atoms with Crippen LogP contribution in [0.15, 0.2) is 27.6 Å². The monoisotopic (exact) mass is 547 g/mol. The minimum absolute atomic E-state index is 0.303. The molecule has 0 radical (unpaired) electrons. The fraction of sp³-hybridized carbons (Fsp3) is 0.400. The van der Waals surface area contributed by atoms with Crippen LogP contribution in [-0.2, 0) is 16.1 Å². The molecule has 1 saturated heterocycles. The summed E-state index contributed by atoms with van der Waals surface area (Å²) in [5.41, 5.74) is 2.47. The summed E-state index contributed by atoms with van der Waals surface area (Å²) in [6, 6.07) is 2.27. The van der Waals surface area contributed by atoms with Gasteiger partial charge in [0.2, 0.25) is 5.65 Å². The topological polar surface area (TPSA) is 177 Å². The van der Waals surface area contributed by atoms with Crippen molar-refractivity contribution in [3.63, 3.8) is 0 Å². The summed E-state index contributed by atoms with van der Waals surface area (Å²) in [7, 11) is 5.08. The fourth-order valence-electron chi connectivity index (χ4n) is 3.78. The molecule has 0 aromatic carbocycles. The van der Waals surface area contributed by atoms with Gasteiger partial charge < -0.3 is 34.9 Å². The highest BCUT2D eigenvalue weighted by molar-refractivity contribution is 9.10. The molecule has 184 valence electrons. The van der Waals surface area contributed by atoms with E-state index in [0.717, 1.165) is 0 Å². The van der Waals surface area contributed by atoms with Gasteiger partial charge in [-0.25, -0.2) is 19.9 Å². The molecule has 15 heteroatoms. The van der Waals surface area contributed by atoms with Gasteiger partial charge >= 0.3 is 0 Å². The van der Waals surface area contributed by atoms with E-state index in [1.54, 1.807) is 4.90 Å². The van der Waals surface area contributed by atoms with E-state index < -0.39 is 30.4 Å². The predicted molar refractivity (Wildman–Crippen MR) is 126 cm³/mol. The van der Waals surface area contributed by atoms with Crippen molar-refractivity contribution in [3.8, 4) is 0 Å². The van der Waals surface area contributed by atoms with Crippen LogP contribution >= 0.6 is 15.9 Å². The molecule has 0 spiro atoms. The lowest BCUT2D eigenvalue weighted by molar-refractivity contribution is -0.137. The highest BCUT2D eigenvalue weighted by atomic mass is 79.9. The van der Waals surface area contributed by atoms with E-state index in [-0.39, 0.29) is 0 Å². The number of nitrogens with one attached hydrogen (secondary N) is 2. The molecule has 0 unspecified atom stereocenters. The van der Waals surface area contributed by atoms with Crippen LogP contribution in [0.25, 0.3) is 22.4 Å². The van der Waals surface area contributed by atoms with Crippen LogP contribution in [0.2, 0.25) is 0 Å². The van der Waals surface area contributed by atoms with Crippen molar-refractivity contribution in [3.05, 3.63) is 28.9 Å². The first kappa shape index (κ1) is 23.3. The number of amides is 1. The summed E-state index contributed by atoms with van der Waals surface area (Å²) in [6.07, 6.45) is -2.29. The Hall–Kier alpha value is -3.40. The number of anilines is 2. The Morgan fingerprint density at radius 1 is 1.23 bits per heavy atom. The molecule has 1 amide bonds. The van der Waals surface area contributed by atoms with Crippen molar-refractivity contribution in [1.29, 1.82) is 0 Å². The predicted octanol–water partition coefficient (Wildman–Crippen LogP) is 0.168. The normalized spacial score (nSPS) is 22.1. The third kappa shape index (κ3) is 4.05. The number of halogens is 1. The van der Waals surface area contributed by atoms with Gasteiger partial charge in [0.05, 0.1) is 23.0 Å². The Labute approximate surface area is 206 Å². The van der Waals surface area contributed by atoms with E-state index in [9.17, 15) is 15.0 Å². The molecule has 1 aliphatic heterocycles. The van der Waals surface area contributed by atoms with Crippen molar-refractivity contribution < 1.29 is 24.2 Å². The first-order valence-electron chi connectivity index (χ1n) is 10.6. The third-order valence-electron chi connectivity index (χ3n) is 5.55. The molecular formula is C20H22BrN9O5. The van der Waals surface area contributed by atoms with Crippen LogP contribution in [0, 0.1) is 0 Å². The molecule has 1 fully saturated rings. The van der Waals surface area contributed by atoms with Crippen LogP contribution < -0.4 is 15.5 Å². The Kier molecular flexibility index (Phi) is 6.00. The fourth-order valence-corrected chi connectivity index (χ4v) is 4.31. The standard InChI is InChI=1S/C20H22BrN9O5/c1-22-18(33)14-11(31)12(32)19(34-14)30-7-26-10-15(24-6-25-17(10)30)23-5-8-4-9(21)13-16(27-8)28-20(35-13)29(2)3/h4,6-7,11-12,14,19,31-32H,5H2,1-3H3,(H,22,33)(H,23,24,25)/t11-,12+,14-,19+/m0/s1. The second-order valence-corrected chi connectivity index (χ2v) is 8.94. The van der Waals surface area contributed by atoms with E-state index >= 15 is 0 Å². The second kappa shape index (κ2) is 8.99. The zero-order valence-electron chi connectivity index (χ0n) is 18.9. The average Bonchev–Trinajstić information content (AvgIpc) is 3.54. The van der Waals surface area contributed by atoms with E-state index in [1.165, 1.54) is 24.3 Å². The van der Waals surface area contributed by atoms with Gasteiger partial charge in [-0.1, -0.05) is 0 Å². The maximum Gasteiger partial charge on any atom is 0.299 e. The lowest BCUT2D eigenvalue weighted by Crippen LogP contribution is -2.41. The van der Waals surface area contributed by atoms with Gasteiger partial charge in [0, 0.05) is 21.1 Å². The zero-order chi connectivity index (χ0) is 24.9. The Bertz CT molecular complexity index is 1410. The maximum absolute atomic E-state index is 12.0. The molecule has 5 heterocycles. The zero-order valence-corrected chi connectivity index (χ0v) is 20.5. The van der Waals surface area contributed by atoms with E-state index in [0.29, 0.717) is 50.9 Å². The van der Waals surface area contributed by atoms with Gasteiger partial charge in [-0.05, 0) is 22.0 Å². The number of oxazole rings is 1. The number of aliphatic hydroxyl groups is 2. The van der Waals surface area contributed by atoms with E-state index in [2.05, 4.69) is 51.5 Å². The molecule has 4 atom stereocenters. The molecule has 0 aliphatic carbocycles. The number of imidazole rings is 1. The summed E-state index contributed by atoms with van der Waals surface area (Å²) in [5.74, 6) is -0.113. The number of hydrogen-bond donors (Lipinski definition) is 4. The number of hydrogen-bond acceptors (Lipinski definition) is 12. The lowest BCUT2D eigenvalue weighted by Gasteiger charge is -2.16. The van der Waals surface area contributed by atoms with Crippen LogP contribution in [0.1, 0.15) is 11.9 Å². The first-order valence-corrected chi connectivity index (χ1v) is 11.4. The summed E-state index contributed by atoms with van der Waals surface area (Å²) in [4.78, 5) is 35.5. The van der Waals surface area contributed by atoms with Gasteiger partial charge in [-0.2, -0.15) is 4.98 Å². The maximum atomic E-state index is 12.0. The van der Waals surface area contributed by atoms with E-state index in [4.69, 9.17) is 9.15 Å². The van der Waals surface area contributed by atoms with Crippen LogP contribution in [-0.4, -0.2) is 85.1 Å². The average molecular weight is 548 g/mol. The van der Waals surface area contributed by atoms with Gasteiger partial charge in [-0.15, -0.1) is 0 Å².